The van der Waals surface area contributed by atoms with Crippen LogP contribution in [0.5, 0.6) is 0 Å². The summed E-state index contributed by atoms with van der Waals surface area (Å²) in [4.78, 5) is 13.0. The van der Waals surface area contributed by atoms with Crippen LogP contribution in [0.3, 0.4) is 0 Å². The molecule has 2 heterocycles. The lowest BCUT2D eigenvalue weighted by Crippen LogP contribution is -2.64. The first-order chi connectivity index (χ1) is 13.1. The summed E-state index contributed by atoms with van der Waals surface area (Å²) in [5, 5.41) is 0. The number of hydrogen-bond donors (Lipinski definition) is 0. The maximum atomic E-state index is 13.0. The van der Waals surface area contributed by atoms with Gasteiger partial charge in [-0.3, -0.25) is 4.79 Å². The van der Waals surface area contributed by atoms with Crippen LogP contribution in [0.25, 0.3) is 0 Å². The van der Waals surface area contributed by atoms with E-state index in [9.17, 15) is 4.79 Å². The second-order valence-corrected chi connectivity index (χ2v) is 9.85. The number of aryl methyl sites for hydroxylation is 1. The van der Waals surface area contributed by atoms with E-state index in [0.717, 1.165) is 12.8 Å². The van der Waals surface area contributed by atoms with Gasteiger partial charge in [0, 0.05) is 11.8 Å². The standard InChI is InChI=1S/C24H21BrO2/c1-13-6-8-14(9-7-13)15-10-11-18-20-12-19-16-4-2-3-5-17(16)21(15)22(18)24(19,25)23(26)27-20/h2-9,11,15,19-22H,10,12H2,1H3/t15-,19-,20+,21+,22+,24+/m1/s1. The van der Waals surface area contributed by atoms with E-state index in [2.05, 4.69) is 77.5 Å². The van der Waals surface area contributed by atoms with Crippen molar-refractivity contribution in [2.45, 2.75) is 47.9 Å². The largest absolute Gasteiger partial charge is 0.457 e. The number of fused-ring (bicyclic) bond motifs is 3. The number of rotatable bonds is 1. The Hall–Kier alpha value is -1.87. The highest BCUT2D eigenvalue weighted by molar-refractivity contribution is 9.10. The summed E-state index contributed by atoms with van der Waals surface area (Å²) >= 11 is 3.96. The molecule has 6 atom stereocenters. The molecule has 0 N–H and O–H groups in total. The summed E-state index contributed by atoms with van der Waals surface area (Å²) in [6, 6.07) is 17.8. The van der Waals surface area contributed by atoms with E-state index in [1.54, 1.807) is 0 Å². The van der Waals surface area contributed by atoms with Crippen LogP contribution in [0.15, 0.2) is 60.2 Å². The zero-order chi connectivity index (χ0) is 18.3. The first-order valence-electron chi connectivity index (χ1n) is 9.84. The zero-order valence-electron chi connectivity index (χ0n) is 15.2. The number of ether oxygens (including phenoxy) is 1. The molecule has 4 bridgehead atoms. The van der Waals surface area contributed by atoms with Gasteiger partial charge in [-0.05, 0) is 53.9 Å². The second-order valence-electron chi connectivity index (χ2n) is 8.54. The van der Waals surface area contributed by atoms with E-state index in [0.29, 0.717) is 11.8 Å². The predicted octanol–water partition coefficient (Wildman–Crippen LogP) is 5.37. The van der Waals surface area contributed by atoms with E-state index in [1.807, 2.05) is 0 Å². The van der Waals surface area contributed by atoms with Gasteiger partial charge in [0.15, 0.2) is 0 Å². The molecule has 5 aliphatic rings. The van der Waals surface area contributed by atoms with Crippen LogP contribution in [0.1, 0.15) is 52.8 Å². The van der Waals surface area contributed by atoms with Crippen LogP contribution in [0, 0.1) is 12.8 Å². The quantitative estimate of drug-likeness (QED) is 0.352. The predicted molar refractivity (Wildman–Crippen MR) is 108 cm³/mol. The van der Waals surface area contributed by atoms with Gasteiger partial charge in [-0.2, -0.15) is 0 Å². The van der Waals surface area contributed by atoms with Crippen LogP contribution in [-0.4, -0.2) is 16.4 Å². The van der Waals surface area contributed by atoms with Crippen molar-refractivity contribution in [3.63, 3.8) is 0 Å². The Morgan fingerprint density at radius 1 is 1.07 bits per heavy atom. The summed E-state index contributed by atoms with van der Waals surface area (Å²) in [6.07, 6.45) is 4.25. The molecule has 2 aromatic carbocycles. The van der Waals surface area contributed by atoms with Gasteiger partial charge in [-0.15, -0.1) is 0 Å². The van der Waals surface area contributed by atoms with Crippen LogP contribution >= 0.6 is 15.9 Å². The van der Waals surface area contributed by atoms with Crippen molar-refractivity contribution in [3.05, 3.63) is 82.4 Å². The number of carbonyl (C=O) groups excluding carboxylic acids is 1. The molecule has 2 nitrogen and oxygen atoms in total. The molecule has 136 valence electrons. The fourth-order valence-corrected chi connectivity index (χ4v) is 7.27. The zero-order valence-corrected chi connectivity index (χ0v) is 16.8. The van der Waals surface area contributed by atoms with Gasteiger partial charge in [0.1, 0.15) is 10.4 Å². The molecule has 3 heteroatoms. The fraction of sp³-hybridized carbons (Fsp3) is 0.375. The highest BCUT2D eigenvalue weighted by Crippen LogP contribution is 2.68. The number of halogens is 1. The number of esters is 1. The SMILES string of the molecule is Cc1ccc([C@H]2CC=C3[C@@H]4C[C@@H]5c6ccccc6[C@H]2[C@H]3[C@]5(Br)C(=O)O4)cc1. The Morgan fingerprint density at radius 3 is 2.59 bits per heavy atom. The minimum Gasteiger partial charge on any atom is -0.457 e. The molecule has 3 fully saturated rings. The number of alkyl halides is 1. The Balaban J connectivity index is 1.61. The highest BCUT2D eigenvalue weighted by atomic mass is 79.9. The Morgan fingerprint density at radius 2 is 1.81 bits per heavy atom. The van der Waals surface area contributed by atoms with Crippen molar-refractivity contribution in [2.24, 2.45) is 5.92 Å². The molecule has 1 saturated carbocycles. The van der Waals surface area contributed by atoms with Gasteiger partial charge in [-0.25, -0.2) is 0 Å². The summed E-state index contributed by atoms with van der Waals surface area (Å²) in [7, 11) is 0. The second kappa shape index (κ2) is 5.35. The lowest BCUT2D eigenvalue weighted by atomic mass is 9.49. The Kier molecular flexibility index (Phi) is 3.19. The smallest absolute Gasteiger partial charge is 0.324 e. The minimum absolute atomic E-state index is 0.0400. The van der Waals surface area contributed by atoms with Crippen molar-refractivity contribution >= 4 is 21.9 Å². The molecule has 2 saturated heterocycles. The van der Waals surface area contributed by atoms with Crippen molar-refractivity contribution in [1.82, 2.24) is 0 Å². The molecule has 0 radical (unpaired) electrons. The number of allylic oxidation sites excluding steroid dienone is 1. The summed E-state index contributed by atoms with van der Waals surface area (Å²) in [5.74, 6) is 1.04. The van der Waals surface area contributed by atoms with Crippen molar-refractivity contribution in [2.75, 3.05) is 0 Å². The third-order valence-electron chi connectivity index (χ3n) is 7.34. The molecule has 7 rings (SSSR count). The van der Waals surface area contributed by atoms with Crippen LogP contribution < -0.4 is 0 Å². The molecule has 2 aromatic rings. The molecular formula is C24H21BrO2. The first kappa shape index (κ1) is 16.1. The number of carbonyl (C=O) groups is 1. The molecular weight excluding hydrogens is 400 g/mol. The lowest BCUT2D eigenvalue weighted by Gasteiger charge is -2.61. The Bertz CT molecular complexity index is 992. The van der Waals surface area contributed by atoms with Crippen LogP contribution in [0.2, 0.25) is 0 Å². The highest BCUT2D eigenvalue weighted by Gasteiger charge is 2.68. The van der Waals surface area contributed by atoms with Gasteiger partial charge in [0.2, 0.25) is 0 Å². The summed E-state index contributed by atoms with van der Waals surface area (Å²) in [5.41, 5.74) is 6.79. The molecule has 27 heavy (non-hydrogen) atoms. The monoisotopic (exact) mass is 420 g/mol. The Labute approximate surface area is 167 Å². The van der Waals surface area contributed by atoms with Crippen LogP contribution in [-0.2, 0) is 9.53 Å². The number of benzene rings is 2. The normalized spacial score (nSPS) is 38.1. The summed E-state index contributed by atoms with van der Waals surface area (Å²) in [6.45, 7) is 2.13. The summed E-state index contributed by atoms with van der Waals surface area (Å²) < 4.78 is 5.21. The van der Waals surface area contributed by atoms with Crippen molar-refractivity contribution < 1.29 is 9.53 Å². The molecule has 0 unspecified atom stereocenters. The van der Waals surface area contributed by atoms with Gasteiger partial charge in [0.05, 0.1) is 0 Å². The fourth-order valence-electron chi connectivity index (χ4n) is 6.19. The van der Waals surface area contributed by atoms with E-state index >= 15 is 0 Å². The van der Waals surface area contributed by atoms with Gasteiger partial charge >= 0.3 is 5.97 Å². The maximum absolute atomic E-state index is 13.0. The minimum atomic E-state index is -0.615. The molecule has 0 amide bonds. The number of hydrogen-bond acceptors (Lipinski definition) is 2. The topological polar surface area (TPSA) is 26.3 Å². The van der Waals surface area contributed by atoms with Gasteiger partial charge in [-0.1, -0.05) is 76.1 Å². The maximum Gasteiger partial charge on any atom is 0.324 e. The first-order valence-corrected chi connectivity index (χ1v) is 10.6. The molecule has 0 spiro atoms. The third kappa shape index (κ3) is 1.94. The molecule has 0 aromatic heterocycles. The van der Waals surface area contributed by atoms with E-state index < -0.39 is 4.32 Å². The van der Waals surface area contributed by atoms with E-state index in [1.165, 1.54) is 27.8 Å². The van der Waals surface area contributed by atoms with Crippen molar-refractivity contribution in [3.8, 4) is 0 Å². The van der Waals surface area contributed by atoms with E-state index in [-0.39, 0.29) is 23.9 Å². The molecule has 2 aliphatic heterocycles. The third-order valence-corrected chi connectivity index (χ3v) is 8.71. The lowest BCUT2D eigenvalue weighted by molar-refractivity contribution is -0.166. The van der Waals surface area contributed by atoms with Gasteiger partial charge < -0.3 is 4.74 Å². The average Bonchev–Trinajstić information content (AvgIpc) is 2.68. The average molecular weight is 421 g/mol. The van der Waals surface area contributed by atoms with Gasteiger partial charge in [0.25, 0.3) is 0 Å². The molecule has 3 aliphatic carbocycles. The van der Waals surface area contributed by atoms with Crippen molar-refractivity contribution in [1.29, 1.82) is 0 Å². The van der Waals surface area contributed by atoms with Crippen LogP contribution in [0.4, 0.5) is 0 Å². The van der Waals surface area contributed by atoms with E-state index in [4.69, 9.17) is 4.74 Å².